The predicted molar refractivity (Wildman–Crippen MR) is 56.9 cm³/mol. The molecule has 0 radical (unpaired) electrons. The molecule has 1 heterocycles. The number of furan rings is 1. The summed E-state index contributed by atoms with van der Waals surface area (Å²) in [5, 5.41) is 3.60. The zero-order valence-electron chi connectivity index (χ0n) is 8.99. The van der Waals surface area contributed by atoms with E-state index in [1.54, 1.807) is 6.26 Å². The van der Waals surface area contributed by atoms with Crippen LogP contribution in [0.2, 0.25) is 0 Å². The molecular weight excluding hydrogens is 174 g/mol. The van der Waals surface area contributed by atoms with Crippen LogP contribution in [0.25, 0.3) is 0 Å². The average Bonchev–Trinajstić information content (AvgIpc) is 2.77. The van der Waals surface area contributed by atoms with E-state index in [0.29, 0.717) is 6.04 Å². The van der Waals surface area contributed by atoms with Gasteiger partial charge in [-0.1, -0.05) is 13.8 Å². The summed E-state index contributed by atoms with van der Waals surface area (Å²) in [6.07, 6.45) is 6.23. The normalized spacial score (nSPS) is 32.3. The largest absolute Gasteiger partial charge is 0.472 e. The fourth-order valence-electron chi connectivity index (χ4n) is 2.29. The molecule has 1 aliphatic rings. The summed E-state index contributed by atoms with van der Waals surface area (Å²) in [4.78, 5) is 0. The smallest absolute Gasteiger partial charge is 0.0947 e. The predicted octanol–water partition coefficient (Wildman–Crippen LogP) is 2.80. The first-order chi connectivity index (χ1) is 6.77. The highest BCUT2D eigenvalue weighted by atomic mass is 16.3. The van der Waals surface area contributed by atoms with Gasteiger partial charge in [-0.25, -0.2) is 0 Å². The van der Waals surface area contributed by atoms with E-state index in [2.05, 4.69) is 19.2 Å². The number of hydrogen-bond acceptors (Lipinski definition) is 2. The highest BCUT2D eigenvalue weighted by Crippen LogP contribution is 2.31. The molecule has 14 heavy (non-hydrogen) atoms. The molecule has 0 aromatic carbocycles. The molecule has 3 unspecified atom stereocenters. The SMILES string of the molecule is CC1CCC(NCc2ccoc2)C1C. The standard InChI is InChI=1S/C12H19NO/c1-9-3-4-12(10(9)2)13-7-11-5-6-14-8-11/h5-6,8-10,12-13H,3-4,7H2,1-2H3. The summed E-state index contributed by atoms with van der Waals surface area (Å²) in [6.45, 7) is 5.65. The van der Waals surface area contributed by atoms with E-state index in [-0.39, 0.29) is 0 Å². The van der Waals surface area contributed by atoms with Crippen molar-refractivity contribution in [3.05, 3.63) is 24.2 Å². The molecule has 1 aliphatic carbocycles. The van der Waals surface area contributed by atoms with Crippen LogP contribution in [-0.4, -0.2) is 6.04 Å². The molecule has 0 bridgehead atoms. The van der Waals surface area contributed by atoms with E-state index in [1.807, 2.05) is 12.3 Å². The van der Waals surface area contributed by atoms with Crippen molar-refractivity contribution in [2.24, 2.45) is 11.8 Å². The maximum atomic E-state index is 5.04. The third-order valence-electron chi connectivity index (χ3n) is 3.61. The Morgan fingerprint density at radius 3 is 2.86 bits per heavy atom. The Morgan fingerprint density at radius 2 is 2.29 bits per heavy atom. The number of nitrogens with one attached hydrogen (secondary N) is 1. The molecule has 1 aromatic rings. The van der Waals surface area contributed by atoms with Gasteiger partial charge < -0.3 is 9.73 Å². The molecular formula is C12H19NO. The second-order valence-electron chi connectivity index (χ2n) is 4.53. The van der Waals surface area contributed by atoms with Gasteiger partial charge in [0.1, 0.15) is 0 Å². The van der Waals surface area contributed by atoms with Gasteiger partial charge in [-0.2, -0.15) is 0 Å². The molecule has 3 atom stereocenters. The summed E-state index contributed by atoms with van der Waals surface area (Å²) in [6, 6.07) is 2.72. The van der Waals surface area contributed by atoms with E-state index < -0.39 is 0 Å². The Labute approximate surface area is 85.7 Å². The third kappa shape index (κ3) is 2.01. The van der Waals surface area contributed by atoms with Gasteiger partial charge in [0.2, 0.25) is 0 Å². The minimum atomic E-state index is 0.694. The van der Waals surface area contributed by atoms with Crippen molar-refractivity contribution in [2.75, 3.05) is 0 Å². The van der Waals surface area contributed by atoms with Crippen LogP contribution in [-0.2, 0) is 6.54 Å². The molecule has 2 heteroatoms. The summed E-state index contributed by atoms with van der Waals surface area (Å²) in [7, 11) is 0. The van der Waals surface area contributed by atoms with E-state index in [9.17, 15) is 0 Å². The molecule has 1 saturated carbocycles. The van der Waals surface area contributed by atoms with Gasteiger partial charge in [0, 0.05) is 18.2 Å². The van der Waals surface area contributed by atoms with Crippen molar-refractivity contribution < 1.29 is 4.42 Å². The molecule has 2 nitrogen and oxygen atoms in total. The van der Waals surface area contributed by atoms with Gasteiger partial charge in [0.15, 0.2) is 0 Å². The first-order valence-corrected chi connectivity index (χ1v) is 5.52. The summed E-state index contributed by atoms with van der Waals surface area (Å²) in [5.74, 6) is 1.68. The van der Waals surface area contributed by atoms with E-state index in [4.69, 9.17) is 4.42 Å². The van der Waals surface area contributed by atoms with Crippen LogP contribution in [0.3, 0.4) is 0 Å². The van der Waals surface area contributed by atoms with Crippen molar-refractivity contribution >= 4 is 0 Å². The van der Waals surface area contributed by atoms with Gasteiger partial charge in [-0.15, -0.1) is 0 Å². The zero-order valence-corrected chi connectivity index (χ0v) is 8.99. The first kappa shape index (κ1) is 9.78. The van der Waals surface area contributed by atoms with E-state index >= 15 is 0 Å². The molecule has 1 N–H and O–H groups in total. The van der Waals surface area contributed by atoms with Crippen LogP contribution < -0.4 is 5.32 Å². The van der Waals surface area contributed by atoms with Crippen LogP contribution >= 0.6 is 0 Å². The summed E-state index contributed by atoms with van der Waals surface area (Å²) in [5.41, 5.74) is 1.25. The molecule has 0 spiro atoms. The lowest BCUT2D eigenvalue weighted by Crippen LogP contribution is -2.31. The highest BCUT2D eigenvalue weighted by Gasteiger charge is 2.28. The van der Waals surface area contributed by atoms with Crippen LogP contribution in [0.5, 0.6) is 0 Å². The lowest BCUT2D eigenvalue weighted by atomic mass is 9.98. The first-order valence-electron chi connectivity index (χ1n) is 5.52. The number of rotatable bonds is 3. The van der Waals surface area contributed by atoms with Gasteiger partial charge in [0.25, 0.3) is 0 Å². The topological polar surface area (TPSA) is 25.2 Å². The van der Waals surface area contributed by atoms with Crippen molar-refractivity contribution in [1.29, 1.82) is 0 Å². The second kappa shape index (κ2) is 4.18. The zero-order chi connectivity index (χ0) is 9.97. The molecule has 0 aliphatic heterocycles. The van der Waals surface area contributed by atoms with Gasteiger partial charge >= 0.3 is 0 Å². The maximum absolute atomic E-state index is 5.04. The Bertz CT molecular complexity index is 268. The molecule has 0 amide bonds. The minimum Gasteiger partial charge on any atom is -0.472 e. The van der Waals surface area contributed by atoms with Crippen LogP contribution in [0.15, 0.2) is 23.0 Å². The molecule has 1 fully saturated rings. The second-order valence-corrected chi connectivity index (χ2v) is 4.53. The van der Waals surface area contributed by atoms with Crippen molar-refractivity contribution in [3.63, 3.8) is 0 Å². The Hall–Kier alpha value is -0.760. The van der Waals surface area contributed by atoms with Crippen molar-refractivity contribution in [2.45, 2.75) is 39.3 Å². The van der Waals surface area contributed by atoms with E-state index in [1.165, 1.54) is 18.4 Å². The van der Waals surface area contributed by atoms with Crippen molar-refractivity contribution in [1.82, 2.24) is 5.32 Å². The monoisotopic (exact) mass is 193 g/mol. The lowest BCUT2D eigenvalue weighted by molar-refractivity contribution is 0.369. The summed E-state index contributed by atoms with van der Waals surface area (Å²) < 4.78 is 5.04. The fraction of sp³-hybridized carbons (Fsp3) is 0.667. The third-order valence-corrected chi connectivity index (χ3v) is 3.61. The van der Waals surface area contributed by atoms with Crippen LogP contribution in [0.4, 0.5) is 0 Å². The number of hydrogen-bond donors (Lipinski definition) is 1. The fourth-order valence-corrected chi connectivity index (χ4v) is 2.29. The molecule has 2 rings (SSSR count). The van der Waals surface area contributed by atoms with Crippen molar-refractivity contribution in [3.8, 4) is 0 Å². The molecule has 0 saturated heterocycles. The van der Waals surface area contributed by atoms with Crippen LogP contribution in [0.1, 0.15) is 32.3 Å². The Kier molecular flexibility index (Phi) is 2.92. The minimum absolute atomic E-state index is 0.694. The highest BCUT2D eigenvalue weighted by molar-refractivity contribution is 5.05. The van der Waals surface area contributed by atoms with Gasteiger partial charge in [0.05, 0.1) is 12.5 Å². The average molecular weight is 193 g/mol. The summed E-state index contributed by atoms with van der Waals surface area (Å²) >= 11 is 0. The molecule has 1 aromatic heterocycles. The quantitative estimate of drug-likeness (QED) is 0.798. The maximum Gasteiger partial charge on any atom is 0.0947 e. The van der Waals surface area contributed by atoms with Crippen LogP contribution in [0, 0.1) is 11.8 Å². The lowest BCUT2D eigenvalue weighted by Gasteiger charge is -2.19. The van der Waals surface area contributed by atoms with Gasteiger partial charge in [-0.3, -0.25) is 0 Å². The van der Waals surface area contributed by atoms with Gasteiger partial charge in [-0.05, 0) is 30.7 Å². The Morgan fingerprint density at radius 1 is 1.43 bits per heavy atom. The Balaban J connectivity index is 1.81. The van der Waals surface area contributed by atoms with E-state index in [0.717, 1.165) is 18.4 Å². The molecule has 78 valence electrons.